The number of carbonyl (C=O) groups is 2. The molecule has 0 aromatic heterocycles. The Bertz CT molecular complexity index is 656. The summed E-state index contributed by atoms with van der Waals surface area (Å²) in [5.41, 5.74) is 7.28. The third-order valence-electron chi connectivity index (χ3n) is 4.53. The van der Waals surface area contributed by atoms with E-state index in [-0.39, 0.29) is 12.0 Å². The normalized spacial score (nSPS) is 19.4. The zero-order chi connectivity index (χ0) is 16.8. The number of likely N-dealkylation sites (tertiary alicyclic amines) is 1. The predicted octanol–water partition coefficient (Wildman–Crippen LogP) is 2.49. The molecule has 3 N–H and O–H groups in total. The van der Waals surface area contributed by atoms with Crippen molar-refractivity contribution < 1.29 is 14.3 Å². The number of amides is 2. The maximum Gasteiger partial charge on any atom is 0.410 e. The largest absolute Gasteiger partial charge is 0.444 e. The Hall–Kier alpha value is -2.24. The van der Waals surface area contributed by atoms with Gasteiger partial charge in [0, 0.05) is 30.0 Å². The molecule has 0 radical (unpaired) electrons. The van der Waals surface area contributed by atoms with E-state index in [0.717, 1.165) is 11.3 Å². The molecular weight excluding hydrogens is 294 g/mol. The molecule has 124 valence electrons. The lowest BCUT2D eigenvalue weighted by Crippen LogP contribution is -2.49. The van der Waals surface area contributed by atoms with Crippen LogP contribution in [0.1, 0.15) is 39.2 Å². The standard InChI is InChI=1S/C17H23N3O3/c1-16(2,3)23-15(22)20-9-7-17(8-10-20)13-11(18)5-4-6-12(13)19-14(17)21/h4-6H,7-10,18H2,1-3H3,(H,19,21). The van der Waals surface area contributed by atoms with Crippen molar-refractivity contribution in [1.29, 1.82) is 0 Å². The molecule has 0 unspecified atom stereocenters. The summed E-state index contributed by atoms with van der Waals surface area (Å²) in [7, 11) is 0. The first-order valence-electron chi connectivity index (χ1n) is 7.91. The summed E-state index contributed by atoms with van der Waals surface area (Å²) in [5, 5.41) is 2.93. The van der Waals surface area contributed by atoms with E-state index < -0.39 is 11.0 Å². The van der Waals surface area contributed by atoms with Gasteiger partial charge in [0.1, 0.15) is 5.60 Å². The first kappa shape index (κ1) is 15.6. The lowest BCUT2D eigenvalue weighted by Gasteiger charge is -2.38. The molecule has 1 saturated heterocycles. The van der Waals surface area contributed by atoms with Gasteiger partial charge in [-0.15, -0.1) is 0 Å². The van der Waals surface area contributed by atoms with Crippen LogP contribution in [0.5, 0.6) is 0 Å². The lowest BCUT2D eigenvalue weighted by atomic mass is 9.73. The fourth-order valence-electron chi connectivity index (χ4n) is 3.44. The molecule has 6 heteroatoms. The number of hydrogen-bond donors (Lipinski definition) is 2. The highest BCUT2D eigenvalue weighted by atomic mass is 16.6. The maximum atomic E-state index is 12.6. The van der Waals surface area contributed by atoms with Crippen molar-refractivity contribution in [1.82, 2.24) is 4.90 Å². The Labute approximate surface area is 136 Å². The number of fused-ring (bicyclic) bond motifs is 2. The van der Waals surface area contributed by atoms with Gasteiger partial charge in [-0.1, -0.05) is 6.07 Å². The summed E-state index contributed by atoms with van der Waals surface area (Å²) in [6.07, 6.45) is 0.783. The average Bonchev–Trinajstić information content (AvgIpc) is 2.71. The van der Waals surface area contributed by atoms with Crippen LogP contribution < -0.4 is 11.1 Å². The van der Waals surface area contributed by atoms with Crippen LogP contribution >= 0.6 is 0 Å². The second-order valence-corrected chi connectivity index (χ2v) is 7.27. The number of rotatable bonds is 0. The number of carbonyl (C=O) groups excluding carboxylic acids is 2. The molecule has 1 spiro atoms. The Balaban J connectivity index is 1.79. The molecule has 23 heavy (non-hydrogen) atoms. The molecule has 3 rings (SSSR count). The van der Waals surface area contributed by atoms with Crippen molar-refractivity contribution in [2.24, 2.45) is 0 Å². The minimum absolute atomic E-state index is 0.0192. The van der Waals surface area contributed by atoms with Gasteiger partial charge in [0.05, 0.1) is 5.41 Å². The number of ether oxygens (including phenoxy) is 1. The maximum absolute atomic E-state index is 12.6. The van der Waals surface area contributed by atoms with Gasteiger partial charge in [-0.25, -0.2) is 4.79 Å². The first-order valence-corrected chi connectivity index (χ1v) is 7.91. The minimum atomic E-state index is -0.626. The molecule has 2 heterocycles. The van der Waals surface area contributed by atoms with Crippen LogP contribution in [-0.4, -0.2) is 35.6 Å². The molecule has 2 aliphatic rings. The zero-order valence-corrected chi connectivity index (χ0v) is 13.8. The number of benzene rings is 1. The van der Waals surface area contributed by atoms with Gasteiger partial charge in [-0.05, 0) is 45.7 Å². The van der Waals surface area contributed by atoms with Crippen LogP contribution in [0.2, 0.25) is 0 Å². The molecule has 0 bridgehead atoms. The lowest BCUT2D eigenvalue weighted by molar-refractivity contribution is -0.122. The fourth-order valence-corrected chi connectivity index (χ4v) is 3.44. The van der Waals surface area contributed by atoms with E-state index in [1.54, 1.807) is 4.90 Å². The van der Waals surface area contributed by atoms with E-state index in [2.05, 4.69) is 5.32 Å². The number of nitrogen functional groups attached to an aromatic ring is 1. The summed E-state index contributed by atoms with van der Waals surface area (Å²) in [5.74, 6) is -0.0192. The number of nitrogens with zero attached hydrogens (tertiary/aromatic N) is 1. The Morgan fingerprint density at radius 3 is 2.57 bits per heavy atom. The summed E-state index contributed by atoms with van der Waals surface area (Å²) in [6.45, 7) is 6.50. The second-order valence-electron chi connectivity index (χ2n) is 7.27. The first-order chi connectivity index (χ1) is 10.7. The van der Waals surface area contributed by atoms with E-state index in [1.807, 2.05) is 39.0 Å². The van der Waals surface area contributed by atoms with Gasteiger partial charge >= 0.3 is 6.09 Å². The van der Waals surface area contributed by atoms with Crippen molar-refractivity contribution in [3.63, 3.8) is 0 Å². The Kier molecular flexibility index (Phi) is 3.50. The van der Waals surface area contributed by atoms with Gasteiger partial charge < -0.3 is 20.7 Å². The summed E-state index contributed by atoms with van der Waals surface area (Å²) in [6, 6.07) is 5.53. The quantitative estimate of drug-likeness (QED) is 0.720. The number of nitrogens with two attached hydrogens (primary N) is 1. The zero-order valence-electron chi connectivity index (χ0n) is 13.8. The molecule has 1 aromatic rings. The van der Waals surface area contributed by atoms with E-state index in [4.69, 9.17) is 10.5 Å². The predicted molar refractivity (Wildman–Crippen MR) is 88.2 cm³/mol. The number of hydrogen-bond acceptors (Lipinski definition) is 4. The molecule has 0 saturated carbocycles. The molecule has 1 aromatic carbocycles. The van der Waals surface area contributed by atoms with E-state index in [0.29, 0.717) is 31.6 Å². The van der Waals surface area contributed by atoms with Crippen molar-refractivity contribution in [2.45, 2.75) is 44.6 Å². The van der Waals surface area contributed by atoms with E-state index in [9.17, 15) is 9.59 Å². The van der Waals surface area contributed by atoms with E-state index in [1.165, 1.54) is 0 Å². The molecule has 2 amide bonds. The van der Waals surface area contributed by atoms with Gasteiger partial charge in [-0.2, -0.15) is 0 Å². The summed E-state index contributed by atoms with van der Waals surface area (Å²) < 4.78 is 5.41. The van der Waals surface area contributed by atoms with Crippen LogP contribution in [0.4, 0.5) is 16.2 Å². The molecular formula is C17H23N3O3. The molecule has 0 atom stereocenters. The number of anilines is 2. The van der Waals surface area contributed by atoms with Gasteiger partial charge in [0.15, 0.2) is 0 Å². The monoisotopic (exact) mass is 317 g/mol. The van der Waals surface area contributed by atoms with Crippen molar-refractivity contribution >= 4 is 23.4 Å². The Morgan fingerprint density at radius 1 is 1.30 bits per heavy atom. The van der Waals surface area contributed by atoms with Crippen molar-refractivity contribution in [2.75, 3.05) is 24.1 Å². The summed E-state index contributed by atoms with van der Waals surface area (Å²) in [4.78, 5) is 26.4. The molecule has 0 aliphatic carbocycles. The highest BCUT2D eigenvalue weighted by molar-refractivity contribution is 6.08. The van der Waals surface area contributed by atoms with Crippen molar-refractivity contribution in [3.05, 3.63) is 23.8 Å². The van der Waals surface area contributed by atoms with Crippen LogP contribution in [-0.2, 0) is 14.9 Å². The second kappa shape index (κ2) is 5.15. The van der Waals surface area contributed by atoms with E-state index >= 15 is 0 Å². The van der Waals surface area contributed by atoms with Crippen LogP contribution in [0.25, 0.3) is 0 Å². The van der Waals surface area contributed by atoms with Crippen molar-refractivity contribution in [3.8, 4) is 0 Å². The van der Waals surface area contributed by atoms with Gasteiger partial charge in [0.2, 0.25) is 5.91 Å². The van der Waals surface area contributed by atoms with Gasteiger partial charge in [0.25, 0.3) is 0 Å². The fraction of sp³-hybridized carbons (Fsp3) is 0.529. The molecule has 2 aliphatic heterocycles. The topological polar surface area (TPSA) is 84.7 Å². The average molecular weight is 317 g/mol. The highest BCUT2D eigenvalue weighted by Gasteiger charge is 2.50. The Morgan fingerprint density at radius 2 is 1.96 bits per heavy atom. The van der Waals surface area contributed by atoms with Crippen LogP contribution in [0, 0.1) is 0 Å². The third-order valence-corrected chi connectivity index (χ3v) is 4.53. The van der Waals surface area contributed by atoms with Gasteiger partial charge in [-0.3, -0.25) is 4.79 Å². The third kappa shape index (κ3) is 2.62. The SMILES string of the molecule is CC(C)(C)OC(=O)N1CCC2(CC1)C(=O)Nc1cccc(N)c12. The smallest absolute Gasteiger partial charge is 0.410 e. The number of nitrogens with one attached hydrogen (secondary N) is 1. The van der Waals surface area contributed by atoms with Crippen LogP contribution in [0.15, 0.2) is 18.2 Å². The van der Waals surface area contributed by atoms with Crippen LogP contribution in [0.3, 0.4) is 0 Å². The molecule has 6 nitrogen and oxygen atoms in total. The summed E-state index contributed by atoms with van der Waals surface area (Å²) >= 11 is 0. The number of piperidine rings is 1. The molecule has 1 fully saturated rings. The highest BCUT2D eigenvalue weighted by Crippen LogP contribution is 2.47. The minimum Gasteiger partial charge on any atom is -0.444 e.